The highest BCUT2D eigenvalue weighted by molar-refractivity contribution is 7.98. The average molecular weight is 339 g/mol. The van der Waals surface area contributed by atoms with Crippen molar-refractivity contribution >= 4 is 11.8 Å². The van der Waals surface area contributed by atoms with E-state index in [-0.39, 0.29) is 0 Å². The van der Waals surface area contributed by atoms with Crippen LogP contribution in [0.2, 0.25) is 0 Å². The Morgan fingerprint density at radius 3 is 2.52 bits per heavy atom. The van der Waals surface area contributed by atoms with Gasteiger partial charge in [0.05, 0.1) is 20.3 Å². The van der Waals surface area contributed by atoms with Gasteiger partial charge in [0.25, 0.3) is 0 Å². The zero-order valence-electron chi connectivity index (χ0n) is 15.0. The topological polar surface area (TPSA) is 33.7 Å². The standard InChI is InChI=1S/C18H30N2O2S/c1-13(15(3)20-8-10-22-11-9-20)19-14(2)16-6-7-18(23-5)17(12-16)21-4/h6-7,12-15,19H,8-11H2,1-5H3/t13-,14-,15-/m0/s1. The molecule has 5 heteroatoms. The van der Waals surface area contributed by atoms with E-state index in [0.29, 0.717) is 18.1 Å². The molecular formula is C18H30N2O2S. The molecule has 0 saturated carbocycles. The minimum Gasteiger partial charge on any atom is -0.496 e. The molecule has 23 heavy (non-hydrogen) atoms. The molecule has 1 aromatic rings. The van der Waals surface area contributed by atoms with Crippen LogP contribution in [0.3, 0.4) is 0 Å². The molecular weight excluding hydrogens is 308 g/mol. The highest BCUT2D eigenvalue weighted by Crippen LogP contribution is 2.30. The molecule has 1 aliphatic heterocycles. The summed E-state index contributed by atoms with van der Waals surface area (Å²) in [5.41, 5.74) is 1.26. The largest absolute Gasteiger partial charge is 0.496 e. The normalized spacial score (nSPS) is 20.0. The minimum absolute atomic E-state index is 0.290. The van der Waals surface area contributed by atoms with Crippen LogP contribution in [0, 0.1) is 0 Å². The molecule has 0 spiro atoms. The summed E-state index contributed by atoms with van der Waals surface area (Å²) in [7, 11) is 1.74. The summed E-state index contributed by atoms with van der Waals surface area (Å²) in [6.07, 6.45) is 2.07. The van der Waals surface area contributed by atoms with Crippen molar-refractivity contribution in [2.24, 2.45) is 0 Å². The SMILES string of the molecule is COc1cc([C@H](C)N[C@@H](C)[C@H](C)N2CCOCC2)ccc1SC. The predicted molar refractivity (Wildman–Crippen MR) is 97.6 cm³/mol. The fourth-order valence-corrected chi connectivity index (χ4v) is 3.60. The molecule has 0 amide bonds. The zero-order valence-corrected chi connectivity index (χ0v) is 15.8. The van der Waals surface area contributed by atoms with Gasteiger partial charge >= 0.3 is 0 Å². The molecule has 130 valence electrons. The number of morpholine rings is 1. The summed E-state index contributed by atoms with van der Waals surface area (Å²) in [6, 6.07) is 7.68. The molecule has 1 fully saturated rings. The maximum atomic E-state index is 5.50. The van der Waals surface area contributed by atoms with Gasteiger partial charge in [0.15, 0.2) is 0 Å². The van der Waals surface area contributed by atoms with E-state index in [1.54, 1.807) is 18.9 Å². The lowest BCUT2D eigenvalue weighted by Crippen LogP contribution is -2.51. The number of rotatable bonds is 7. The molecule has 0 aliphatic carbocycles. The Bertz CT molecular complexity index is 492. The van der Waals surface area contributed by atoms with Crippen molar-refractivity contribution in [1.29, 1.82) is 0 Å². The molecule has 1 aliphatic rings. The molecule has 3 atom stereocenters. The van der Waals surface area contributed by atoms with Crippen molar-refractivity contribution in [1.82, 2.24) is 10.2 Å². The molecule has 0 radical (unpaired) electrons. The molecule has 0 aromatic heterocycles. The van der Waals surface area contributed by atoms with Gasteiger partial charge in [0, 0.05) is 36.1 Å². The number of thioether (sulfide) groups is 1. The van der Waals surface area contributed by atoms with E-state index >= 15 is 0 Å². The number of nitrogens with zero attached hydrogens (tertiary/aromatic N) is 1. The summed E-state index contributed by atoms with van der Waals surface area (Å²) >= 11 is 1.71. The minimum atomic E-state index is 0.290. The first-order valence-corrected chi connectivity index (χ1v) is 9.59. The quantitative estimate of drug-likeness (QED) is 0.772. The molecule has 0 bridgehead atoms. The van der Waals surface area contributed by atoms with E-state index in [9.17, 15) is 0 Å². The number of benzene rings is 1. The molecule has 4 nitrogen and oxygen atoms in total. The highest BCUT2D eigenvalue weighted by Gasteiger charge is 2.23. The maximum absolute atomic E-state index is 5.50. The van der Waals surface area contributed by atoms with Gasteiger partial charge in [-0.15, -0.1) is 11.8 Å². The molecule has 2 rings (SSSR count). The highest BCUT2D eigenvalue weighted by atomic mass is 32.2. The number of methoxy groups -OCH3 is 1. The third kappa shape index (κ3) is 4.86. The Morgan fingerprint density at radius 2 is 1.91 bits per heavy atom. The Balaban J connectivity index is 1.98. The van der Waals surface area contributed by atoms with Crippen LogP contribution < -0.4 is 10.1 Å². The van der Waals surface area contributed by atoms with Crippen LogP contribution >= 0.6 is 11.8 Å². The second-order valence-corrected chi connectivity index (χ2v) is 7.03. The summed E-state index contributed by atoms with van der Waals surface area (Å²) < 4.78 is 11.0. The maximum Gasteiger partial charge on any atom is 0.132 e. The lowest BCUT2D eigenvalue weighted by Gasteiger charge is -2.37. The molecule has 1 heterocycles. The van der Waals surface area contributed by atoms with Gasteiger partial charge in [0.1, 0.15) is 5.75 Å². The van der Waals surface area contributed by atoms with Gasteiger partial charge in [-0.2, -0.15) is 0 Å². The van der Waals surface area contributed by atoms with Gasteiger partial charge in [-0.1, -0.05) is 6.07 Å². The van der Waals surface area contributed by atoms with Crippen molar-refractivity contribution in [2.75, 3.05) is 39.7 Å². The van der Waals surface area contributed by atoms with Crippen LogP contribution in [-0.4, -0.2) is 56.7 Å². The van der Waals surface area contributed by atoms with Crippen LogP contribution in [0.4, 0.5) is 0 Å². The Hall–Kier alpha value is -0.750. The van der Waals surface area contributed by atoms with Gasteiger partial charge in [-0.25, -0.2) is 0 Å². The lowest BCUT2D eigenvalue weighted by atomic mass is 10.0. The van der Waals surface area contributed by atoms with E-state index < -0.39 is 0 Å². The van der Waals surface area contributed by atoms with Crippen molar-refractivity contribution in [3.8, 4) is 5.75 Å². The zero-order chi connectivity index (χ0) is 16.8. The number of hydrogen-bond acceptors (Lipinski definition) is 5. The number of nitrogens with one attached hydrogen (secondary N) is 1. The lowest BCUT2D eigenvalue weighted by molar-refractivity contribution is 0.0129. The van der Waals surface area contributed by atoms with Crippen LogP contribution in [0.15, 0.2) is 23.1 Å². The van der Waals surface area contributed by atoms with Crippen molar-refractivity contribution in [2.45, 2.75) is 43.8 Å². The predicted octanol–water partition coefficient (Wildman–Crippen LogP) is 3.18. The van der Waals surface area contributed by atoms with Gasteiger partial charge in [-0.05, 0) is 44.7 Å². The van der Waals surface area contributed by atoms with Crippen LogP contribution in [0.25, 0.3) is 0 Å². The third-order valence-electron chi connectivity index (χ3n) is 4.77. The van der Waals surface area contributed by atoms with E-state index in [1.807, 2.05) is 0 Å². The molecule has 1 aromatic carbocycles. The second kappa shape index (κ2) is 8.92. The van der Waals surface area contributed by atoms with Crippen LogP contribution in [0.1, 0.15) is 32.4 Å². The first-order valence-electron chi connectivity index (χ1n) is 8.36. The van der Waals surface area contributed by atoms with E-state index in [0.717, 1.165) is 32.1 Å². The fourth-order valence-electron chi connectivity index (χ4n) is 3.05. The fraction of sp³-hybridized carbons (Fsp3) is 0.667. The van der Waals surface area contributed by atoms with Crippen molar-refractivity contribution in [3.05, 3.63) is 23.8 Å². The molecule has 1 saturated heterocycles. The van der Waals surface area contributed by atoms with E-state index in [2.05, 4.69) is 55.4 Å². The monoisotopic (exact) mass is 338 g/mol. The van der Waals surface area contributed by atoms with E-state index in [1.165, 1.54) is 10.5 Å². The number of hydrogen-bond donors (Lipinski definition) is 1. The second-order valence-electron chi connectivity index (χ2n) is 6.18. The third-order valence-corrected chi connectivity index (χ3v) is 5.54. The summed E-state index contributed by atoms with van der Waals surface area (Å²) in [5.74, 6) is 0.956. The Kier molecular flexibility index (Phi) is 7.21. The molecule has 1 N–H and O–H groups in total. The Labute approximate surface area is 144 Å². The first kappa shape index (κ1) is 18.6. The van der Waals surface area contributed by atoms with Crippen molar-refractivity contribution < 1.29 is 9.47 Å². The molecule has 0 unspecified atom stereocenters. The smallest absolute Gasteiger partial charge is 0.132 e. The van der Waals surface area contributed by atoms with Crippen LogP contribution in [0.5, 0.6) is 5.75 Å². The van der Waals surface area contributed by atoms with Crippen molar-refractivity contribution in [3.63, 3.8) is 0 Å². The summed E-state index contributed by atoms with van der Waals surface area (Å²) in [6.45, 7) is 10.5. The van der Waals surface area contributed by atoms with Gasteiger partial charge < -0.3 is 14.8 Å². The van der Waals surface area contributed by atoms with Gasteiger partial charge in [0.2, 0.25) is 0 Å². The van der Waals surface area contributed by atoms with E-state index in [4.69, 9.17) is 9.47 Å². The van der Waals surface area contributed by atoms with Crippen LogP contribution in [-0.2, 0) is 4.74 Å². The van der Waals surface area contributed by atoms with Gasteiger partial charge in [-0.3, -0.25) is 4.90 Å². The Morgan fingerprint density at radius 1 is 1.22 bits per heavy atom. The average Bonchev–Trinajstić information content (AvgIpc) is 2.60. The summed E-state index contributed by atoms with van der Waals surface area (Å²) in [4.78, 5) is 3.68. The summed E-state index contributed by atoms with van der Waals surface area (Å²) in [5, 5.41) is 3.74. The number of ether oxygens (including phenoxy) is 2. The first-order chi connectivity index (χ1) is 11.1.